The number of aryl methyl sites for hydroxylation is 1. The first-order valence-corrected chi connectivity index (χ1v) is 51.1. The molecule has 4 aliphatic rings. The van der Waals surface area contributed by atoms with Crippen molar-refractivity contribution in [1.82, 2.24) is 68.7 Å². The van der Waals surface area contributed by atoms with Crippen LogP contribution in [-0.2, 0) is 19.1 Å². The van der Waals surface area contributed by atoms with Crippen LogP contribution in [0.3, 0.4) is 0 Å². The van der Waals surface area contributed by atoms with E-state index in [1.807, 2.05) is 64.5 Å². The summed E-state index contributed by atoms with van der Waals surface area (Å²) in [5.41, 5.74) is 8.35. The van der Waals surface area contributed by atoms with E-state index in [0.717, 1.165) is 66.9 Å². The number of aromatic nitrogens is 14. The van der Waals surface area contributed by atoms with Crippen molar-refractivity contribution < 1.29 is 45.4 Å². The summed E-state index contributed by atoms with van der Waals surface area (Å²) in [6, 6.07) is 0. The number of ether oxygens (including phenoxy) is 2. The molecule has 2 unspecified atom stereocenters. The smallest absolute Gasteiger partial charge is 0.150 e. The maximum atomic E-state index is 15.1. The Morgan fingerprint density at radius 1 is 0.603 bits per heavy atom. The third-order valence-electron chi connectivity index (χ3n) is 21.1. The fraction of sp³-hybridized carbons (Fsp3) is 0.471. The number of amides is 2. The van der Waals surface area contributed by atoms with E-state index in [4.69, 9.17) is 60.9 Å². The van der Waals surface area contributed by atoms with Gasteiger partial charge in [-0.15, -0.1) is 6.58 Å². The first kappa shape index (κ1) is 99.7. The number of nitrogens with zero attached hydrogens (tertiary/aromatic N) is 12. The van der Waals surface area contributed by atoms with Gasteiger partial charge in [-0.3, -0.25) is 20.0 Å². The molecule has 2 saturated heterocycles. The summed E-state index contributed by atoms with van der Waals surface area (Å²) in [5.74, 6) is -2.82. The third kappa shape index (κ3) is 22.6. The summed E-state index contributed by atoms with van der Waals surface area (Å²) in [4.78, 5) is 42.0. The quantitative estimate of drug-likeness (QED) is 0.0242. The molecule has 2 amide bonds. The topological polar surface area (TPSA) is 230 Å². The Balaban J connectivity index is 0.000000188. The van der Waals surface area contributed by atoms with E-state index in [1.54, 1.807) is 58.6 Å². The Kier molecular flexibility index (Phi) is 36.2. The minimum Gasteiger partial charge on any atom is -0.357 e. The van der Waals surface area contributed by atoms with Gasteiger partial charge in [0.25, 0.3) is 0 Å². The Morgan fingerprint density at radius 2 is 1.06 bits per heavy atom. The maximum Gasteiger partial charge on any atom is 0.150 e. The zero-order chi connectivity index (χ0) is 85.5. The van der Waals surface area contributed by atoms with Gasteiger partial charge in [0.1, 0.15) is 29.9 Å². The predicted octanol–water partition coefficient (Wildman–Crippen LogP) is 27.2. The second kappa shape index (κ2) is 44.0. The average molecular weight is 2060 g/mol. The molecule has 8 aromatic heterocycles. The van der Waals surface area contributed by atoms with Gasteiger partial charge in [0.15, 0.2) is 23.5 Å². The third-order valence-corrected chi connectivity index (χ3v) is 40.7. The number of benzene rings is 4. The molecular weight excluding hydrogens is 1950 g/mol. The fourth-order valence-electron chi connectivity index (χ4n) is 14.6. The van der Waals surface area contributed by atoms with Gasteiger partial charge in [0, 0.05) is 75.0 Å². The number of hydrogen-bond acceptors (Lipinski definition) is 12. The zero-order valence-electron chi connectivity index (χ0n) is 67.7. The van der Waals surface area contributed by atoms with Crippen molar-refractivity contribution in [2.45, 2.75) is 238 Å². The van der Waals surface area contributed by atoms with Crippen LogP contribution in [0.15, 0.2) is 94.1 Å². The largest absolute Gasteiger partial charge is 0.357 e. The number of unbranched alkanes of at least 4 members (excludes halogenated alkanes) is 3. The number of fused-ring (bicyclic) bond motifs is 6. The van der Waals surface area contributed by atoms with E-state index in [0.29, 0.717) is 110 Å². The van der Waals surface area contributed by atoms with Crippen LogP contribution < -0.4 is 14.3 Å². The van der Waals surface area contributed by atoms with Crippen molar-refractivity contribution in [3.63, 3.8) is 0 Å². The molecule has 121 heavy (non-hydrogen) atoms. The molecule has 6 atom stereocenters. The van der Waals surface area contributed by atoms with E-state index in [9.17, 15) is 31.5 Å². The van der Waals surface area contributed by atoms with Crippen LogP contribution in [0.1, 0.15) is 228 Å². The van der Waals surface area contributed by atoms with Gasteiger partial charge >= 0.3 is 178 Å². The van der Waals surface area contributed by atoms with Crippen molar-refractivity contribution in [3.8, 4) is 11.3 Å². The van der Waals surface area contributed by atoms with Crippen LogP contribution in [0.4, 0.5) is 38.0 Å². The van der Waals surface area contributed by atoms with Crippen molar-refractivity contribution in [1.29, 1.82) is 0 Å². The van der Waals surface area contributed by atoms with Gasteiger partial charge in [-0.2, -0.15) is 20.4 Å². The first-order chi connectivity index (χ1) is 56.3. The number of imidazole rings is 2. The van der Waals surface area contributed by atoms with Crippen molar-refractivity contribution >= 4 is 200 Å². The molecular formula is C87H109Br3Cl4F6N16O4Sn. The minimum absolute atomic E-state index is 0. The van der Waals surface area contributed by atoms with Gasteiger partial charge in [-0.1, -0.05) is 109 Å². The Bertz CT molecular complexity index is 5600. The molecule has 2 aliphatic heterocycles. The minimum atomic E-state index is -2.60. The van der Waals surface area contributed by atoms with E-state index in [-0.39, 0.29) is 84.8 Å². The van der Waals surface area contributed by atoms with E-state index in [1.165, 1.54) is 67.3 Å². The van der Waals surface area contributed by atoms with Crippen LogP contribution in [-0.4, -0.2) is 124 Å². The van der Waals surface area contributed by atoms with Crippen LogP contribution in [0.25, 0.3) is 71.7 Å². The number of alkyl halides is 2. The second-order valence-electron chi connectivity index (χ2n) is 31.2. The molecule has 10 heterocycles. The summed E-state index contributed by atoms with van der Waals surface area (Å²) >= 11 is 31.7. The SMILES string of the molecule is C.C.C.C=C(C)C.C=C(C)c1c(F)c(Cl)c(Br)c2cnn(C3CCCCO3)c12.CC(C)c1c(F)c(Cl)c(-c2cn3cc(NC(=O)[C@@H]4C[C@@H]4F)nc3cn2)c2cn[nH]c12.CC(C)c1c(F)c(Cl)c(Br)c2cn[nH]c12.CCC[CH2][Sn]([CH2]CCC)([CH2]CCC)[c]1cn2cc(NC(=O)[C@@H]3C[C@@H]3F)nc2cn1.Cc1c(F)c(Cl)c(Br)c2cn(C3CCCCO3)nc12. The van der Waals surface area contributed by atoms with Crippen molar-refractivity contribution in [3.05, 3.63) is 160 Å². The number of allylic oxidation sites excluding steroid dienone is 2. The number of halogens is 13. The maximum absolute atomic E-state index is 15.1. The standard InChI is InChI=1S/C20H17ClF2N6O.C15H15BrClFN2O.C13H13BrClFN2O.C10H9BrClFN2.C10H8FN4O.C4H8.3C4H9.3CH4.Sn/c1-8(2)15-18(23)17(21)16(10-4-25-28-19(10)15)12-6-29-7-13(26-14(29)5-24-12)27-20(30)9-3-11(9)22;1-8(2)11-14(18)13(17)12(16)9-7-19-20(15(9)11)10-5-3-4-6-21-10;1-7-12(16)11(15)10(14)8-6-18(17-13(7)8)9-4-2-3-5-19-9;1-4(2)6-9(13)8(12)7(11)5-3-14-15-10(5)6;11-7-3-6(7)10(16)14-8-5-15-2-1-12-4-9(15)13-8;1-4(2)3;3*1-3-4-2;;;;/h4-9,11H,3H2,1-2H3,(H,25,28)(H,27,30);7,10H,1,3-6H2,2H3;6,9H,2-5H2,1H3;3-4H,1-2H3,(H,14,15);2,4-7H,3H2,(H,14,16);1H2,2-3H3;3*1,3-4H2,2H3;3*1H4;/t9-,11+;;;;6-,7+;;;;;;;;/m1...1......../s1. The van der Waals surface area contributed by atoms with E-state index >= 15 is 4.39 Å². The van der Waals surface area contributed by atoms with Crippen LogP contribution in [0.2, 0.25) is 33.4 Å². The second-order valence-corrected chi connectivity index (χ2v) is 48.2. The molecule has 4 aromatic carbocycles. The number of aromatic amines is 2. The molecule has 34 heteroatoms. The Morgan fingerprint density at radius 3 is 1.55 bits per heavy atom. The molecule has 656 valence electrons. The van der Waals surface area contributed by atoms with Crippen LogP contribution >= 0.6 is 94.2 Å². The summed E-state index contributed by atoms with van der Waals surface area (Å²) in [5, 5.41) is 31.2. The first-order valence-electron chi connectivity index (χ1n) is 39.8. The molecule has 0 radical (unpaired) electrons. The number of H-pyrrole nitrogens is 2. The van der Waals surface area contributed by atoms with Crippen molar-refractivity contribution in [2.24, 2.45) is 11.8 Å². The molecule has 12 aromatic rings. The molecule has 2 aliphatic carbocycles. The molecule has 0 spiro atoms. The van der Waals surface area contributed by atoms with E-state index < -0.39 is 65.9 Å². The molecule has 2 saturated carbocycles. The normalized spacial score (nSPS) is 17.2. The number of nitrogens with one attached hydrogen (secondary N) is 4. The zero-order valence-corrected chi connectivity index (χ0v) is 78.3. The number of rotatable bonds is 20. The van der Waals surface area contributed by atoms with Crippen LogP contribution in [0.5, 0.6) is 0 Å². The predicted molar refractivity (Wildman–Crippen MR) is 493 cm³/mol. The number of hydrogen-bond donors (Lipinski definition) is 4. The molecule has 16 rings (SSSR count). The average Bonchev–Trinajstić information content (AvgIpc) is 1.67. The number of carbonyl (C=O) groups excluding carboxylic acids is 2. The van der Waals surface area contributed by atoms with Crippen molar-refractivity contribution in [2.75, 3.05) is 23.8 Å². The summed E-state index contributed by atoms with van der Waals surface area (Å²) < 4.78 is 109. The molecule has 4 fully saturated rings. The van der Waals surface area contributed by atoms with E-state index in [2.05, 4.69) is 144 Å². The van der Waals surface area contributed by atoms with Crippen LogP contribution in [0, 0.1) is 42.0 Å². The molecule has 20 nitrogen and oxygen atoms in total. The van der Waals surface area contributed by atoms with Gasteiger partial charge in [-0.05, 0) is 138 Å². The Labute approximate surface area is 752 Å². The monoisotopic (exact) mass is 2050 g/mol. The van der Waals surface area contributed by atoms with Gasteiger partial charge in [0.2, 0.25) is 5.91 Å². The molecule has 0 bridgehead atoms. The number of carbonyl (C=O) groups is 2. The summed E-state index contributed by atoms with van der Waals surface area (Å²) in [7, 11) is 0. The van der Waals surface area contributed by atoms with Gasteiger partial charge in [-0.25, -0.2) is 36.3 Å². The summed E-state index contributed by atoms with van der Waals surface area (Å²) in [6.45, 7) is 30.7. The number of anilines is 2. The van der Waals surface area contributed by atoms with Gasteiger partial charge < -0.3 is 19.2 Å². The molecule has 4 N–H and O–H groups in total. The fourth-order valence-corrected chi connectivity index (χ4v) is 32.3. The summed E-state index contributed by atoms with van der Waals surface area (Å²) in [6.07, 6.45) is 29.4. The van der Waals surface area contributed by atoms with Gasteiger partial charge in [0.05, 0.1) is 98.2 Å². The Hall–Kier alpha value is -6.68.